The molecule has 2 aromatic carbocycles. The lowest BCUT2D eigenvalue weighted by atomic mass is 10.0. The Morgan fingerprint density at radius 1 is 1.04 bits per heavy atom. The van der Waals surface area contributed by atoms with Gasteiger partial charge in [-0.05, 0) is 36.1 Å². The first-order valence-corrected chi connectivity index (χ1v) is 12.3. The van der Waals surface area contributed by atoms with Crippen molar-refractivity contribution in [2.45, 2.75) is 36.3 Å². The molecule has 0 aromatic heterocycles. The Morgan fingerprint density at radius 3 is 2.29 bits per heavy atom. The molecule has 5 nitrogen and oxygen atoms in total. The maximum atomic E-state index is 14.2. The Bertz CT molecular complexity index is 1050. The van der Waals surface area contributed by atoms with Crippen LogP contribution in [-0.4, -0.2) is 40.0 Å². The predicted octanol–water partition coefficient (Wildman–Crippen LogP) is 3.50. The zero-order valence-electron chi connectivity index (χ0n) is 15.9. The van der Waals surface area contributed by atoms with Crippen LogP contribution in [0.25, 0.3) is 0 Å². The minimum Gasteiger partial charge on any atom is -0.228 e. The molecule has 3 rings (SSSR count). The number of benzene rings is 2. The van der Waals surface area contributed by atoms with Crippen LogP contribution in [0.15, 0.2) is 53.4 Å². The van der Waals surface area contributed by atoms with E-state index in [1.807, 2.05) is 13.8 Å². The molecule has 1 fully saturated rings. The Hall–Kier alpha value is -1.77. The summed E-state index contributed by atoms with van der Waals surface area (Å²) in [5.74, 6) is -0.645. The van der Waals surface area contributed by atoms with Crippen molar-refractivity contribution in [3.05, 3.63) is 65.5 Å². The maximum Gasteiger partial charge on any atom is 0.243 e. The van der Waals surface area contributed by atoms with Crippen molar-refractivity contribution in [1.82, 2.24) is 4.31 Å². The topological polar surface area (TPSA) is 71.5 Å². The number of nitrogens with zero attached hydrogens (tertiary/aromatic N) is 1. The molecule has 28 heavy (non-hydrogen) atoms. The van der Waals surface area contributed by atoms with Crippen LogP contribution >= 0.6 is 0 Å². The highest BCUT2D eigenvalue weighted by Crippen LogP contribution is 2.32. The highest BCUT2D eigenvalue weighted by Gasteiger charge is 2.36. The molecule has 0 N–H and O–H groups in total. The minimum absolute atomic E-state index is 0.0203. The molecule has 0 amide bonds. The molecule has 2 aromatic rings. The lowest BCUT2D eigenvalue weighted by Crippen LogP contribution is -2.33. The van der Waals surface area contributed by atoms with Crippen LogP contribution in [0.2, 0.25) is 0 Å². The first-order valence-electron chi connectivity index (χ1n) is 9.19. The van der Waals surface area contributed by atoms with Gasteiger partial charge < -0.3 is 0 Å². The molecular weight excluding hydrogens is 401 g/mol. The van der Waals surface area contributed by atoms with E-state index in [4.69, 9.17) is 0 Å². The van der Waals surface area contributed by atoms with Gasteiger partial charge in [-0.15, -0.1) is 0 Å². The van der Waals surface area contributed by atoms with Gasteiger partial charge in [-0.3, -0.25) is 0 Å². The lowest BCUT2D eigenvalue weighted by molar-refractivity contribution is 0.427. The molecule has 0 spiro atoms. The first kappa shape index (κ1) is 21.0. The smallest absolute Gasteiger partial charge is 0.228 e. The molecule has 152 valence electrons. The van der Waals surface area contributed by atoms with E-state index in [0.717, 1.165) is 5.56 Å². The van der Waals surface area contributed by atoms with Crippen LogP contribution in [0.1, 0.15) is 42.6 Å². The van der Waals surface area contributed by atoms with Crippen molar-refractivity contribution in [1.29, 1.82) is 0 Å². The van der Waals surface area contributed by atoms with Gasteiger partial charge in [0, 0.05) is 18.7 Å². The molecule has 0 aliphatic carbocycles. The normalized spacial score (nSPS) is 20.8. The van der Waals surface area contributed by atoms with Gasteiger partial charge in [-0.25, -0.2) is 21.2 Å². The average molecular weight is 426 g/mol. The van der Waals surface area contributed by atoms with E-state index in [1.54, 1.807) is 30.3 Å². The largest absolute Gasteiger partial charge is 0.243 e. The summed E-state index contributed by atoms with van der Waals surface area (Å²) in [5.41, 5.74) is 1.13. The quantitative estimate of drug-likeness (QED) is 0.752. The molecule has 0 radical (unpaired) electrons. The van der Waals surface area contributed by atoms with E-state index in [-0.39, 0.29) is 41.6 Å². The summed E-state index contributed by atoms with van der Waals surface area (Å²) in [4.78, 5) is 0.138. The Balaban J connectivity index is 1.88. The Labute approximate surface area is 166 Å². The van der Waals surface area contributed by atoms with Gasteiger partial charge in [0.15, 0.2) is 9.84 Å². The SMILES string of the molecule is CC(C)c1ccc(S(=O)(=O)N2CCC(c3ccccc3F)S(=O)(=O)CC2)cc1. The average Bonchev–Trinajstić information content (AvgIpc) is 2.81. The molecule has 0 saturated carbocycles. The number of rotatable bonds is 4. The van der Waals surface area contributed by atoms with Gasteiger partial charge >= 0.3 is 0 Å². The van der Waals surface area contributed by atoms with Gasteiger partial charge in [-0.2, -0.15) is 4.31 Å². The van der Waals surface area contributed by atoms with Gasteiger partial charge in [0.2, 0.25) is 10.0 Å². The summed E-state index contributed by atoms with van der Waals surface area (Å²) in [6, 6.07) is 12.4. The van der Waals surface area contributed by atoms with Gasteiger partial charge in [0.1, 0.15) is 5.82 Å². The number of sulfonamides is 1. The van der Waals surface area contributed by atoms with Crippen LogP contribution < -0.4 is 0 Å². The van der Waals surface area contributed by atoms with E-state index >= 15 is 0 Å². The Kier molecular flexibility index (Phi) is 5.93. The maximum absolute atomic E-state index is 14.2. The Morgan fingerprint density at radius 2 is 1.68 bits per heavy atom. The van der Waals surface area contributed by atoms with Crippen LogP contribution in [0.4, 0.5) is 4.39 Å². The van der Waals surface area contributed by atoms with Crippen molar-refractivity contribution in [2.24, 2.45) is 0 Å². The second kappa shape index (κ2) is 7.93. The van der Waals surface area contributed by atoms with E-state index < -0.39 is 30.9 Å². The minimum atomic E-state index is -3.82. The third-order valence-corrected chi connectivity index (χ3v) is 9.16. The highest BCUT2D eigenvalue weighted by atomic mass is 32.2. The second-order valence-corrected chi connectivity index (χ2v) is 11.5. The molecule has 1 unspecified atom stereocenters. The summed E-state index contributed by atoms with van der Waals surface area (Å²) in [6.07, 6.45) is 0.0204. The molecule has 1 atom stereocenters. The van der Waals surface area contributed by atoms with Crippen molar-refractivity contribution < 1.29 is 21.2 Å². The summed E-state index contributed by atoms with van der Waals surface area (Å²) < 4.78 is 66.7. The summed E-state index contributed by atoms with van der Waals surface area (Å²) in [6.45, 7) is 3.92. The summed E-state index contributed by atoms with van der Waals surface area (Å²) in [7, 11) is -7.49. The van der Waals surface area contributed by atoms with Crippen molar-refractivity contribution in [3.63, 3.8) is 0 Å². The van der Waals surface area contributed by atoms with E-state index in [9.17, 15) is 21.2 Å². The van der Waals surface area contributed by atoms with Gasteiger partial charge in [0.25, 0.3) is 0 Å². The van der Waals surface area contributed by atoms with E-state index in [0.29, 0.717) is 0 Å². The fraction of sp³-hybridized carbons (Fsp3) is 0.400. The first-order chi connectivity index (χ1) is 13.1. The fourth-order valence-electron chi connectivity index (χ4n) is 3.42. The number of halogens is 1. The summed E-state index contributed by atoms with van der Waals surface area (Å²) in [5, 5.41) is -1.04. The van der Waals surface area contributed by atoms with Crippen LogP contribution in [0, 0.1) is 5.82 Å². The molecule has 1 saturated heterocycles. The zero-order chi connectivity index (χ0) is 20.5. The summed E-state index contributed by atoms with van der Waals surface area (Å²) >= 11 is 0. The standard InChI is InChI=1S/C20H24FNO4S2/c1-15(2)16-7-9-17(10-8-16)28(25,26)22-12-11-20(27(23,24)14-13-22)18-5-3-4-6-19(18)21/h3-10,15,20H,11-14H2,1-2H3. The van der Waals surface area contributed by atoms with Crippen molar-refractivity contribution in [3.8, 4) is 0 Å². The van der Waals surface area contributed by atoms with Crippen molar-refractivity contribution >= 4 is 19.9 Å². The molecule has 1 heterocycles. The van der Waals surface area contributed by atoms with Crippen LogP contribution in [0.5, 0.6) is 0 Å². The molecule has 0 bridgehead atoms. The molecule has 1 aliphatic heterocycles. The van der Waals surface area contributed by atoms with E-state index in [1.165, 1.54) is 22.5 Å². The zero-order valence-corrected chi connectivity index (χ0v) is 17.5. The second-order valence-electron chi connectivity index (χ2n) is 7.29. The monoisotopic (exact) mass is 425 g/mol. The third kappa shape index (κ3) is 4.14. The molecule has 1 aliphatic rings. The number of hydrogen-bond donors (Lipinski definition) is 0. The number of sulfone groups is 1. The fourth-order valence-corrected chi connectivity index (χ4v) is 6.80. The van der Waals surface area contributed by atoms with Gasteiger partial charge in [-0.1, -0.05) is 44.2 Å². The highest BCUT2D eigenvalue weighted by molar-refractivity contribution is 7.92. The van der Waals surface area contributed by atoms with Crippen LogP contribution in [0.3, 0.4) is 0 Å². The lowest BCUT2D eigenvalue weighted by Gasteiger charge is -2.20. The van der Waals surface area contributed by atoms with Crippen LogP contribution in [-0.2, 0) is 19.9 Å². The molecular formula is C20H24FNO4S2. The third-order valence-electron chi connectivity index (χ3n) is 5.14. The van der Waals surface area contributed by atoms with E-state index in [2.05, 4.69) is 0 Å². The molecule has 8 heteroatoms. The number of hydrogen-bond acceptors (Lipinski definition) is 4. The van der Waals surface area contributed by atoms with Crippen molar-refractivity contribution in [2.75, 3.05) is 18.8 Å². The predicted molar refractivity (Wildman–Crippen MR) is 107 cm³/mol. The van der Waals surface area contributed by atoms with Gasteiger partial charge in [0.05, 0.1) is 15.9 Å².